The van der Waals surface area contributed by atoms with Crippen molar-refractivity contribution in [2.45, 2.75) is 58.2 Å². The Labute approximate surface area is 138 Å². The third-order valence-electron chi connectivity index (χ3n) is 4.83. The van der Waals surface area contributed by atoms with Gasteiger partial charge < -0.3 is 19.4 Å². The van der Waals surface area contributed by atoms with Gasteiger partial charge in [-0.3, -0.25) is 4.79 Å². The molecule has 0 spiro atoms. The predicted octanol–water partition coefficient (Wildman–Crippen LogP) is 2.68. The van der Waals surface area contributed by atoms with Crippen molar-refractivity contribution in [1.82, 2.24) is 5.32 Å². The van der Waals surface area contributed by atoms with Crippen molar-refractivity contribution in [2.24, 2.45) is 0 Å². The average molecular weight is 319 g/mol. The number of carbonyl (C=O) groups excluding carboxylic acids is 1. The summed E-state index contributed by atoms with van der Waals surface area (Å²) in [6.07, 6.45) is 0. The summed E-state index contributed by atoms with van der Waals surface area (Å²) < 4.78 is 17.7. The predicted molar refractivity (Wildman–Crippen MR) is 90.2 cm³/mol. The van der Waals surface area contributed by atoms with Crippen LogP contribution < -0.4 is 10.1 Å². The zero-order valence-corrected chi connectivity index (χ0v) is 15.0. The molecule has 1 saturated heterocycles. The van der Waals surface area contributed by atoms with Gasteiger partial charge in [-0.05, 0) is 52.3 Å². The fraction of sp³-hybridized carbons (Fsp3) is 0.588. The highest BCUT2D eigenvalue weighted by Crippen LogP contribution is 2.42. The van der Waals surface area contributed by atoms with Gasteiger partial charge in [0.15, 0.2) is 0 Å². The minimum absolute atomic E-state index is 0.148. The van der Waals surface area contributed by atoms with Crippen molar-refractivity contribution >= 4 is 13.0 Å². The Morgan fingerprint density at radius 2 is 1.78 bits per heavy atom. The number of ether oxygens (including phenoxy) is 1. The van der Waals surface area contributed by atoms with Crippen molar-refractivity contribution < 1.29 is 18.8 Å². The summed E-state index contributed by atoms with van der Waals surface area (Å²) in [7, 11) is 1.01. The fourth-order valence-electron chi connectivity index (χ4n) is 2.66. The lowest BCUT2D eigenvalue weighted by Gasteiger charge is -2.33. The van der Waals surface area contributed by atoms with Gasteiger partial charge in [-0.2, -0.15) is 0 Å². The molecule has 1 aromatic carbocycles. The van der Waals surface area contributed by atoms with Crippen LogP contribution in [0.4, 0.5) is 0 Å². The maximum Gasteiger partial charge on any atom is 0.489 e. The van der Waals surface area contributed by atoms with Crippen LogP contribution in [0.3, 0.4) is 0 Å². The van der Waals surface area contributed by atoms with Gasteiger partial charge in [0.2, 0.25) is 5.91 Å². The highest BCUT2D eigenvalue weighted by atomic mass is 16.7. The first-order valence-corrected chi connectivity index (χ1v) is 7.81. The van der Waals surface area contributed by atoms with E-state index in [0.717, 1.165) is 11.3 Å². The maximum absolute atomic E-state index is 11.8. The standard InChI is InChI=1S/C17H26BNO4/c1-12(20)19-17(6,13-9-8-10-14(11-13)21-7)18-22-15(2,3)16(4,5)23-18/h8-11H,1-7H3,(H,19,20). The van der Waals surface area contributed by atoms with Crippen molar-refractivity contribution in [1.29, 1.82) is 0 Å². The summed E-state index contributed by atoms with van der Waals surface area (Å²) in [6, 6.07) is 7.58. The smallest absolute Gasteiger partial charge is 0.489 e. The number of nitrogens with one attached hydrogen (secondary N) is 1. The number of hydrogen-bond acceptors (Lipinski definition) is 4. The Balaban J connectivity index is 2.46. The summed E-state index contributed by atoms with van der Waals surface area (Å²) >= 11 is 0. The van der Waals surface area contributed by atoms with Crippen molar-refractivity contribution in [3.05, 3.63) is 29.8 Å². The molecule has 1 aromatic rings. The van der Waals surface area contributed by atoms with Crippen LogP contribution in [0.5, 0.6) is 5.75 Å². The van der Waals surface area contributed by atoms with Crippen molar-refractivity contribution in [2.75, 3.05) is 7.11 Å². The molecule has 1 atom stereocenters. The minimum atomic E-state index is -0.828. The van der Waals surface area contributed by atoms with Crippen LogP contribution >= 0.6 is 0 Å². The number of hydrogen-bond donors (Lipinski definition) is 1. The second-order valence-electron chi connectivity index (χ2n) is 7.20. The molecular weight excluding hydrogens is 293 g/mol. The van der Waals surface area contributed by atoms with Crippen LogP contribution in [0, 0.1) is 0 Å². The summed E-state index contributed by atoms with van der Waals surface area (Å²) in [5, 5.41) is 3.00. The molecular formula is C17H26BNO4. The number of carbonyl (C=O) groups is 1. The third kappa shape index (κ3) is 3.24. The van der Waals surface area contributed by atoms with Crippen LogP contribution in [0.15, 0.2) is 24.3 Å². The molecule has 1 fully saturated rings. The molecule has 0 bridgehead atoms. The largest absolute Gasteiger partial charge is 0.497 e. The summed E-state index contributed by atoms with van der Waals surface area (Å²) in [6.45, 7) is 11.4. The highest BCUT2D eigenvalue weighted by molar-refractivity contribution is 6.50. The van der Waals surface area contributed by atoms with Crippen LogP contribution in [0.25, 0.3) is 0 Å². The molecule has 5 nitrogen and oxygen atoms in total. The number of rotatable bonds is 4. The molecule has 6 heteroatoms. The van der Waals surface area contributed by atoms with Gasteiger partial charge in [0.1, 0.15) is 5.75 Å². The Morgan fingerprint density at radius 1 is 1.22 bits per heavy atom. The topological polar surface area (TPSA) is 56.8 Å². The van der Waals surface area contributed by atoms with Gasteiger partial charge >= 0.3 is 7.12 Å². The Bertz CT molecular complexity index is 586. The molecule has 0 aliphatic carbocycles. The summed E-state index contributed by atoms with van der Waals surface area (Å²) in [5.41, 5.74) is -0.914. The molecule has 126 valence electrons. The second kappa shape index (κ2) is 5.84. The Kier molecular flexibility index (Phi) is 4.52. The molecule has 1 aliphatic heterocycles. The minimum Gasteiger partial charge on any atom is -0.497 e. The maximum atomic E-state index is 11.8. The van der Waals surface area contributed by atoms with E-state index in [0.29, 0.717) is 0 Å². The normalized spacial score (nSPS) is 21.6. The number of amides is 1. The first-order chi connectivity index (χ1) is 10.5. The molecule has 0 aromatic heterocycles. The molecule has 0 radical (unpaired) electrons. The van der Waals surface area contributed by atoms with E-state index < -0.39 is 23.8 Å². The Morgan fingerprint density at radius 3 is 2.26 bits per heavy atom. The first-order valence-electron chi connectivity index (χ1n) is 7.81. The van der Waals surface area contributed by atoms with E-state index >= 15 is 0 Å². The SMILES string of the molecule is COc1cccc(C(C)(NC(C)=O)B2OC(C)(C)C(C)(C)O2)c1. The van der Waals surface area contributed by atoms with Crippen LogP contribution in [0.1, 0.15) is 47.1 Å². The van der Waals surface area contributed by atoms with E-state index in [9.17, 15) is 4.79 Å². The average Bonchev–Trinajstić information content (AvgIpc) is 2.67. The van der Waals surface area contributed by atoms with Crippen molar-refractivity contribution in [3.63, 3.8) is 0 Å². The molecule has 23 heavy (non-hydrogen) atoms. The molecule has 1 heterocycles. The Hall–Kier alpha value is -1.53. The van der Waals surface area contributed by atoms with Gasteiger partial charge in [-0.15, -0.1) is 0 Å². The van der Waals surface area contributed by atoms with Crippen LogP contribution in [-0.4, -0.2) is 31.3 Å². The lowest BCUT2D eigenvalue weighted by molar-refractivity contribution is -0.120. The van der Waals surface area contributed by atoms with Crippen LogP contribution in [0.2, 0.25) is 0 Å². The zero-order chi connectivity index (χ0) is 17.5. The van der Waals surface area contributed by atoms with Gasteiger partial charge in [0.05, 0.1) is 23.8 Å². The molecule has 0 saturated carbocycles. The molecule has 1 aliphatic rings. The lowest BCUT2D eigenvalue weighted by Crippen LogP contribution is -2.55. The van der Waals surface area contributed by atoms with Gasteiger partial charge in [0.25, 0.3) is 0 Å². The van der Waals surface area contributed by atoms with Gasteiger partial charge in [-0.25, -0.2) is 0 Å². The molecule has 1 N–H and O–H groups in total. The van der Waals surface area contributed by atoms with Gasteiger partial charge in [-0.1, -0.05) is 12.1 Å². The lowest BCUT2D eigenvalue weighted by atomic mass is 9.61. The number of methoxy groups -OCH3 is 1. The van der Waals surface area contributed by atoms with E-state index in [1.165, 1.54) is 6.92 Å². The zero-order valence-electron chi connectivity index (χ0n) is 15.0. The fourth-order valence-corrected chi connectivity index (χ4v) is 2.66. The van der Waals surface area contributed by atoms with Crippen molar-refractivity contribution in [3.8, 4) is 5.75 Å². The van der Waals surface area contributed by atoms with E-state index in [4.69, 9.17) is 14.0 Å². The monoisotopic (exact) mass is 319 g/mol. The third-order valence-corrected chi connectivity index (χ3v) is 4.83. The van der Waals surface area contributed by atoms with E-state index in [1.807, 2.05) is 58.9 Å². The molecule has 1 amide bonds. The van der Waals surface area contributed by atoms with E-state index in [2.05, 4.69) is 5.32 Å². The molecule has 1 unspecified atom stereocenters. The first kappa shape index (κ1) is 17.8. The quantitative estimate of drug-likeness (QED) is 0.867. The second-order valence-corrected chi connectivity index (χ2v) is 7.20. The van der Waals surface area contributed by atoms with Gasteiger partial charge in [0, 0.05) is 6.92 Å². The van der Waals surface area contributed by atoms with Crippen LogP contribution in [-0.2, 0) is 19.5 Å². The van der Waals surface area contributed by atoms with E-state index in [-0.39, 0.29) is 5.91 Å². The summed E-state index contributed by atoms with van der Waals surface area (Å²) in [5.74, 6) is 0.570. The summed E-state index contributed by atoms with van der Waals surface area (Å²) in [4.78, 5) is 11.8. The number of benzene rings is 1. The highest BCUT2D eigenvalue weighted by Gasteiger charge is 2.59. The van der Waals surface area contributed by atoms with E-state index in [1.54, 1.807) is 7.11 Å². The molecule has 2 rings (SSSR count).